The Morgan fingerprint density at radius 1 is 1.29 bits per heavy atom. The van der Waals surface area contributed by atoms with Crippen molar-refractivity contribution in [1.29, 1.82) is 0 Å². The predicted octanol–water partition coefficient (Wildman–Crippen LogP) is 2.92. The molecule has 1 heterocycles. The first-order valence-corrected chi connectivity index (χ1v) is 6.59. The molecule has 0 radical (unpaired) electrons. The number of nitrogens with one attached hydrogen (secondary N) is 1. The lowest BCUT2D eigenvalue weighted by Gasteiger charge is -2.07. The van der Waals surface area contributed by atoms with Gasteiger partial charge in [0.1, 0.15) is 0 Å². The standard InChI is InChI=1S/C13H10N2O5S/c1-7-6-8(13(17)18)2-3-9(7)14-12(16)10-4-5-11(21-10)15(19)20/h2-6H,1H3,(H,14,16)(H,17,18). The number of aromatic carboxylic acids is 1. The fourth-order valence-electron chi connectivity index (χ4n) is 1.67. The third-order valence-electron chi connectivity index (χ3n) is 2.72. The molecule has 0 aliphatic heterocycles. The van der Waals surface area contributed by atoms with Crippen LogP contribution in [0, 0.1) is 17.0 Å². The molecular weight excluding hydrogens is 296 g/mol. The minimum Gasteiger partial charge on any atom is -0.478 e. The predicted molar refractivity (Wildman–Crippen MR) is 77.1 cm³/mol. The Kier molecular flexibility index (Phi) is 3.99. The minimum atomic E-state index is -1.05. The number of benzene rings is 1. The van der Waals surface area contributed by atoms with Crippen LogP contribution in [-0.4, -0.2) is 21.9 Å². The maximum atomic E-state index is 12.0. The van der Waals surface area contributed by atoms with E-state index in [1.54, 1.807) is 6.92 Å². The van der Waals surface area contributed by atoms with Crippen molar-refractivity contribution in [2.45, 2.75) is 6.92 Å². The third-order valence-corrected chi connectivity index (χ3v) is 3.75. The highest BCUT2D eigenvalue weighted by molar-refractivity contribution is 7.17. The van der Waals surface area contributed by atoms with E-state index in [1.165, 1.54) is 30.3 Å². The van der Waals surface area contributed by atoms with Gasteiger partial charge in [0, 0.05) is 11.8 Å². The summed E-state index contributed by atoms with van der Waals surface area (Å²) in [6.45, 7) is 1.67. The van der Waals surface area contributed by atoms with Gasteiger partial charge in [0.15, 0.2) is 0 Å². The molecule has 0 saturated carbocycles. The highest BCUT2D eigenvalue weighted by Crippen LogP contribution is 2.25. The van der Waals surface area contributed by atoms with Crippen LogP contribution in [0.4, 0.5) is 10.7 Å². The van der Waals surface area contributed by atoms with Gasteiger partial charge in [0.05, 0.1) is 15.4 Å². The van der Waals surface area contributed by atoms with Crippen LogP contribution < -0.4 is 5.32 Å². The van der Waals surface area contributed by atoms with Crippen molar-refractivity contribution >= 4 is 33.9 Å². The molecule has 0 spiro atoms. The maximum Gasteiger partial charge on any atom is 0.335 e. The Labute approximate surface area is 123 Å². The molecule has 0 atom stereocenters. The SMILES string of the molecule is Cc1cc(C(=O)O)ccc1NC(=O)c1ccc([N+](=O)[O-])s1. The Bertz CT molecular complexity index is 738. The van der Waals surface area contributed by atoms with E-state index in [1.807, 2.05) is 0 Å². The van der Waals surface area contributed by atoms with Crippen molar-refractivity contribution in [2.75, 3.05) is 5.32 Å². The van der Waals surface area contributed by atoms with E-state index >= 15 is 0 Å². The molecule has 0 aliphatic rings. The first-order chi connectivity index (χ1) is 9.88. The highest BCUT2D eigenvalue weighted by atomic mass is 32.1. The van der Waals surface area contributed by atoms with Crippen LogP contribution in [0.15, 0.2) is 30.3 Å². The Morgan fingerprint density at radius 3 is 2.52 bits per heavy atom. The minimum absolute atomic E-state index is 0.113. The normalized spacial score (nSPS) is 10.1. The molecular formula is C13H10N2O5S. The van der Waals surface area contributed by atoms with Gasteiger partial charge in [-0.05, 0) is 36.8 Å². The van der Waals surface area contributed by atoms with Crippen LogP contribution in [0.2, 0.25) is 0 Å². The second kappa shape index (κ2) is 5.71. The average Bonchev–Trinajstić information content (AvgIpc) is 2.90. The maximum absolute atomic E-state index is 12.0. The second-order valence-electron chi connectivity index (χ2n) is 4.18. The number of nitrogens with zero attached hydrogens (tertiary/aromatic N) is 1. The van der Waals surface area contributed by atoms with Crippen molar-refractivity contribution in [3.05, 3.63) is 56.5 Å². The molecule has 2 N–H and O–H groups in total. The zero-order valence-electron chi connectivity index (χ0n) is 10.8. The van der Waals surface area contributed by atoms with Crippen molar-refractivity contribution in [2.24, 2.45) is 0 Å². The molecule has 2 rings (SSSR count). The van der Waals surface area contributed by atoms with Crippen molar-refractivity contribution < 1.29 is 19.6 Å². The number of carboxylic acids is 1. The number of thiophene rings is 1. The molecule has 0 saturated heterocycles. The van der Waals surface area contributed by atoms with E-state index < -0.39 is 16.8 Å². The Balaban J connectivity index is 2.19. The largest absolute Gasteiger partial charge is 0.478 e. The van der Waals surface area contributed by atoms with Gasteiger partial charge >= 0.3 is 11.0 Å². The van der Waals surface area contributed by atoms with Gasteiger partial charge < -0.3 is 10.4 Å². The van der Waals surface area contributed by atoms with Crippen LogP contribution in [0.3, 0.4) is 0 Å². The number of nitro groups is 1. The van der Waals surface area contributed by atoms with Crippen molar-refractivity contribution in [1.82, 2.24) is 0 Å². The van der Waals surface area contributed by atoms with Crippen molar-refractivity contribution in [3.8, 4) is 0 Å². The van der Waals surface area contributed by atoms with Gasteiger partial charge in [-0.3, -0.25) is 14.9 Å². The number of rotatable bonds is 4. The van der Waals surface area contributed by atoms with E-state index in [0.717, 1.165) is 11.3 Å². The second-order valence-corrected chi connectivity index (χ2v) is 5.25. The summed E-state index contributed by atoms with van der Waals surface area (Å²) in [6.07, 6.45) is 0. The monoisotopic (exact) mass is 306 g/mol. The molecule has 0 fully saturated rings. The van der Waals surface area contributed by atoms with Crippen LogP contribution in [0.5, 0.6) is 0 Å². The summed E-state index contributed by atoms with van der Waals surface area (Å²) in [5, 5.41) is 21.9. The van der Waals surface area contributed by atoms with E-state index in [2.05, 4.69) is 5.32 Å². The quantitative estimate of drug-likeness (QED) is 0.666. The molecule has 21 heavy (non-hydrogen) atoms. The van der Waals surface area contributed by atoms with Gasteiger partial charge in [-0.2, -0.15) is 0 Å². The lowest BCUT2D eigenvalue weighted by molar-refractivity contribution is -0.380. The summed E-state index contributed by atoms with van der Waals surface area (Å²) in [7, 11) is 0. The zero-order chi connectivity index (χ0) is 15.6. The topological polar surface area (TPSA) is 110 Å². The van der Waals surface area contributed by atoms with Gasteiger partial charge in [-0.25, -0.2) is 4.79 Å². The number of carbonyl (C=O) groups excluding carboxylic acids is 1. The number of hydrogen-bond donors (Lipinski definition) is 2. The summed E-state index contributed by atoms with van der Waals surface area (Å²) in [5.41, 5.74) is 1.17. The van der Waals surface area contributed by atoms with Crippen LogP contribution >= 0.6 is 11.3 Å². The van der Waals surface area contributed by atoms with Gasteiger partial charge in [0.2, 0.25) is 0 Å². The molecule has 1 amide bonds. The molecule has 0 aliphatic carbocycles. The van der Waals surface area contributed by atoms with Crippen molar-refractivity contribution in [3.63, 3.8) is 0 Å². The Morgan fingerprint density at radius 2 is 2.00 bits per heavy atom. The molecule has 108 valence electrons. The third kappa shape index (κ3) is 3.23. The van der Waals surface area contributed by atoms with Crippen LogP contribution in [0.1, 0.15) is 25.6 Å². The fourth-order valence-corrected chi connectivity index (χ4v) is 2.38. The first-order valence-electron chi connectivity index (χ1n) is 5.78. The zero-order valence-corrected chi connectivity index (χ0v) is 11.6. The van der Waals surface area contributed by atoms with E-state index in [4.69, 9.17) is 5.11 Å². The van der Waals surface area contributed by atoms with Crippen LogP contribution in [0.25, 0.3) is 0 Å². The van der Waals surface area contributed by atoms with E-state index in [9.17, 15) is 19.7 Å². The summed E-state index contributed by atoms with van der Waals surface area (Å²) >= 11 is 0.777. The lowest BCUT2D eigenvalue weighted by atomic mass is 10.1. The average molecular weight is 306 g/mol. The highest BCUT2D eigenvalue weighted by Gasteiger charge is 2.16. The Hall–Kier alpha value is -2.74. The summed E-state index contributed by atoms with van der Waals surface area (Å²) in [6, 6.07) is 6.94. The van der Waals surface area contributed by atoms with E-state index in [-0.39, 0.29) is 15.4 Å². The molecule has 0 bridgehead atoms. The smallest absolute Gasteiger partial charge is 0.335 e. The molecule has 7 nitrogen and oxygen atoms in total. The number of aryl methyl sites for hydroxylation is 1. The number of carboxylic acid groups (broad SMARTS) is 1. The number of anilines is 1. The number of amides is 1. The van der Waals surface area contributed by atoms with Gasteiger partial charge in [-0.1, -0.05) is 11.3 Å². The fraction of sp³-hybridized carbons (Fsp3) is 0.0769. The van der Waals surface area contributed by atoms with Crippen LogP contribution in [-0.2, 0) is 0 Å². The van der Waals surface area contributed by atoms with Gasteiger partial charge in [0.25, 0.3) is 5.91 Å². The number of carbonyl (C=O) groups is 2. The molecule has 8 heteroatoms. The van der Waals surface area contributed by atoms with Gasteiger partial charge in [-0.15, -0.1) is 0 Å². The summed E-state index contributed by atoms with van der Waals surface area (Å²) < 4.78 is 0. The molecule has 0 unspecified atom stereocenters. The lowest BCUT2D eigenvalue weighted by Crippen LogP contribution is -2.11. The van der Waals surface area contributed by atoms with E-state index in [0.29, 0.717) is 11.3 Å². The molecule has 1 aromatic carbocycles. The first kappa shape index (κ1) is 14.7. The summed E-state index contributed by atoms with van der Waals surface area (Å²) in [5.74, 6) is -1.52. The summed E-state index contributed by atoms with van der Waals surface area (Å²) in [4.78, 5) is 33.0. The molecule has 2 aromatic rings. The number of hydrogen-bond acceptors (Lipinski definition) is 5. The molecule has 1 aromatic heterocycles.